The topological polar surface area (TPSA) is 228 Å². The molecule has 66 heavy (non-hydrogen) atoms. The Hall–Kier alpha value is -1.53. The molecule has 14 heteroatoms. The van der Waals surface area contributed by atoms with Gasteiger partial charge in [-0.15, -0.1) is 0 Å². The molecule has 0 aromatic rings. The van der Waals surface area contributed by atoms with Gasteiger partial charge in [0.2, 0.25) is 5.91 Å². The Kier molecular flexibility index (Phi) is 36.0. The number of nitrogens with one attached hydrogen (secondary N) is 1. The van der Waals surface area contributed by atoms with Crippen molar-refractivity contribution in [1.29, 1.82) is 0 Å². The van der Waals surface area contributed by atoms with E-state index in [0.29, 0.717) is 12.8 Å². The molecule has 12 unspecified atom stereocenters. The first-order chi connectivity index (χ1) is 32.1. The molecule has 0 radical (unpaired) electrons. The van der Waals surface area contributed by atoms with Crippen molar-refractivity contribution in [2.24, 2.45) is 0 Å². The summed E-state index contributed by atoms with van der Waals surface area (Å²) < 4.78 is 22.4. The Morgan fingerprint density at radius 1 is 0.530 bits per heavy atom. The van der Waals surface area contributed by atoms with E-state index in [0.717, 1.165) is 19.3 Å². The quantitative estimate of drug-likeness (QED) is 0.0216. The molecule has 2 heterocycles. The van der Waals surface area contributed by atoms with Crippen LogP contribution in [0.1, 0.15) is 206 Å². The zero-order valence-corrected chi connectivity index (χ0v) is 41.2. The van der Waals surface area contributed by atoms with Crippen LogP contribution in [0.5, 0.6) is 0 Å². The summed E-state index contributed by atoms with van der Waals surface area (Å²) in [7, 11) is 0. The molecule has 2 rings (SSSR count). The molecule has 2 saturated heterocycles. The summed E-state index contributed by atoms with van der Waals surface area (Å²) in [5.74, 6) is -0.284. The maximum absolute atomic E-state index is 12.7. The van der Waals surface area contributed by atoms with Crippen molar-refractivity contribution in [3.05, 3.63) is 24.3 Å². The number of aliphatic hydroxyl groups is 8. The fourth-order valence-electron chi connectivity index (χ4n) is 8.76. The van der Waals surface area contributed by atoms with Crippen molar-refractivity contribution >= 4 is 5.91 Å². The van der Waals surface area contributed by atoms with E-state index < -0.39 is 86.8 Å². The molecule has 2 fully saturated rings. The molecule has 1 amide bonds. The second-order valence-corrected chi connectivity index (χ2v) is 19.0. The van der Waals surface area contributed by atoms with Gasteiger partial charge in [-0.05, 0) is 32.1 Å². The zero-order valence-electron chi connectivity index (χ0n) is 41.2. The first-order valence-corrected chi connectivity index (χ1v) is 26.6. The Balaban J connectivity index is 1.58. The number of rotatable bonds is 41. The standard InChI is InChI=1S/C52H97NO13/c1-3-5-7-8-9-10-11-12-13-14-15-16-17-18-19-20-21-22-23-24-25-26-27-28-29-30-31-32-33-34-35-41(56)40(53-44(57)36-6-4-2)39-63-51-49(62)47(60)50(43(38-55)65-51)66-52-48(61)46(59)45(58)42(37-54)64-52/h30-31,34-35,40-43,45-52,54-56,58-62H,3-29,32-33,36-39H2,1-2H3,(H,53,57)/b31-30+,35-34+. The van der Waals surface area contributed by atoms with Crippen LogP contribution in [0.2, 0.25) is 0 Å². The van der Waals surface area contributed by atoms with Crippen molar-refractivity contribution in [2.45, 2.75) is 280 Å². The highest BCUT2D eigenvalue weighted by Gasteiger charge is 2.51. The summed E-state index contributed by atoms with van der Waals surface area (Å²) in [6, 6.07) is -0.923. The van der Waals surface area contributed by atoms with E-state index in [1.165, 1.54) is 154 Å². The normalized spacial score (nSPS) is 26.9. The number of unbranched alkanes of at least 4 members (excludes halogenated alkanes) is 26. The molecule has 0 aromatic carbocycles. The minimum atomic E-state index is -1.79. The lowest BCUT2D eigenvalue weighted by atomic mass is 9.97. The molecule has 2 aliphatic heterocycles. The molecular formula is C52H97NO13. The van der Waals surface area contributed by atoms with E-state index in [1.54, 1.807) is 6.08 Å². The second-order valence-electron chi connectivity index (χ2n) is 19.0. The average molecular weight is 944 g/mol. The van der Waals surface area contributed by atoms with Gasteiger partial charge in [-0.3, -0.25) is 4.79 Å². The number of aliphatic hydroxyl groups excluding tert-OH is 8. The third kappa shape index (κ3) is 25.9. The molecule has 0 aliphatic carbocycles. The van der Waals surface area contributed by atoms with E-state index >= 15 is 0 Å². The molecule has 14 nitrogen and oxygen atoms in total. The minimum Gasteiger partial charge on any atom is -0.394 e. The predicted molar refractivity (Wildman–Crippen MR) is 258 cm³/mol. The minimum absolute atomic E-state index is 0.249. The predicted octanol–water partition coefficient (Wildman–Crippen LogP) is 7.33. The van der Waals surface area contributed by atoms with Gasteiger partial charge in [-0.1, -0.05) is 192 Å². The summed E-state index contributed by atoms with van der Waals surface area (Å²) in [6.07, 6.45) is 28.3. The van der Waals surface area contributed by atoms with Crippen LogP contribution in [-0.4, -0.2) is 140 Å². The van der Waals surface area contributed by atoms with Gasteiger partial charge in [0, 0.05) is 6.42 Å². The Labute approximate surface area is 398 Å². The van der Waals surface area contributed by atoms with Crippen LogP contribution in [0.15, 0.2) is 24.3 Å². The first kappa shape index (κ1) is 60.6. The number of amides is 1. The third-order valence-electron chi connectivity index (χ3n) is 13.1. The van der Waals surface area contributed by atoms with E-state index in [-0.39, 0.29) is 18.9 Å². The van der Waals surface area contributed by atoms with Gasteiger partial charge < -0.3 is 65.1 Å². The van der Waals surface area contributed by atoms with Crippen LogP contribution < -0.4 is 5.32 Å². The third-order valence-corrected chi connectivity index (χ3v) is 13.1. The number of ether oxygens (including phenoxy) is 4. The van der Waals surface area contributed by atoms with Crippen molar-refractivity contribution in [3.63, 3.8) is 0 Å². The molecule has 0 saturated carbocycles. The summed E-state index contributed by atoms with van der Waals surface area (Å²) in [5.41, 5.74) is 0. The second kappa shape index (κ2) is 39.2. The van der Waals surface area contributed by atoms with Crippen LogP contribution >= 0.6 is 0 Å². The van der Waals surface area contributed by atoms with E-state index in [2.05, 4.69) is 24.4 Å². The smallest absolute Gasteiger partial charge is 0.220 e. The van der Waals surface area contributed by atoms with Gasteiger partial charge in [-0.25, -0.2) is 0 Å². The Morgan fingerprint density at radius 3 is 1.47 bits per heavy atom. The maximum atomic E-state index is 12.7. The molecule has 12 atom stereocenters. The van der Waals surface area contributed by atoms with Gasteiger partial charge >= 0.3 is 0 Å². The first-order valence-electron chi connectivity index (χ1n) is 26.6. The monoisotopic (exact) mass is 944 g/mol. The van der Waals surface area contributed by atoms with Crippen molar-refractivity contribution < 1.29 is 64.6 Å². The zero-order chi connectivity index (χ0) is 48.2. The summed E-state index contributed by atoms with van der Waals surface area (Å²) in [6.45, 7) is 2.51. The molecule has 9 N–H and O–H groups in total. The average Bonchev–Trinajstić information content (AvgIpc) is 3.32. The van der Waals surface area contributed by atoms with Gasteiger partial charge in [0.15, 0.2) is 12.6 Å². The SMILES string of the molecule is CCCCCCCCCCCCCCCCCCCCCCCCCC/C=C/CC/C=C/C(O)C(COC1OC(CO)C(OC2OC(CO)C(O)C(O)C2O)C(O)C1O)NC(=O)CCCC. The summed E-state index contributed by atoms with van der Waals surface area (Å²) in [5, 5.41) is 85.9. The van der Waals surface area contributed by atoms with Gasteiger partial charge in [-0.2, -0.15) is 0 Å². The largest absolute Gasteiger partial charge is 0.394 e. The van der Waals surface area contributed by atoms with E-state index in [9.17, 15) is 45.6 Å². The lowest BCUT2D eigenvalue weighted by Crippen LogP contribution is -2.65. The number of hydrogen-bond donors (Lipinski definition) is 9. The van der Waals surface area contributed by atoms with Crippen LogP contribution in [0, 0.1) is 0 Å². The van der Waals surface area contributed by atoms with Gasteiger partial charge in [0.05, 0.1) is 32.0 Å². The summed E-state index contributed by atoms with van der Waals surface area (Å²) >= 11 is 0. The number of carbonyl (C=O) groups is 1. The number of allylic oxidation sites excluding steroid dienone is 3. The van der Waals surface area contributed by atoms with Crippen molar-refractivity contribution in [2.75, 3.05) is 19.8 Å². The maximum Gasteiger partial charge on any atom is 0.220 e. The molecule has 0 bridgehead atoms. The summed E-state index contributed by atoms with van der Waals surface area (Å²) in [4.78, 5) is 12.7. The van der Waals surface area contributed by atoms with Gasteiger partial charge in [0.1, 0.15) is 48.8 Å². The van der Waals surface area contributed by atoms with Gasteiger partial charge in [0.25, 0.3) is 0 Å². The van der Waals surface area contributed by atoms with Crippen molar-refractivity contribution in [3.8, 4) is 0 Å². The number of carbonyl (C=O) groups excluding carboxylic acids is 1. The Bertz CT molecular complexity index is 1210. The molecule has 0 aromatic heterocycles. The fourth-order valence-corrected chi connectivity index (χ4v) is 8.76. The lowest BCUT2D eigenvalue weighted by molar-refractivity contribution is -0.359. The van der Waals surface area contributed by atoms with E-state index in [1.807, 2.05) is 13.0 Å². The Morgan fingerprint density at radius 2 is 0.970 bits per heavy atom. The lowest BCUT2D eigenvalue weighted by Gasteiger charge is -2.46. The highest BCUT2D eigenvalue weighted by Crippen LogP contribution is 2.30. The molecule has 388 valence electrons. The van der Waals surface area contributed by atoms with Crippen molar-refractivity contribution in [1.82, 2.24) is 5.32 Å². The highest BCUT2D eigenvalue weighted by molar-refractivity contribution is 5.76. The molecule has 0 spiro atoms. The van der Waals surface area contributed by atoms with E-state index in [4.69, 9.17) is 18.9 Å². The van der Waals surface area contributed by atoms with Crippen LogP contribution in [0.4, 0.5) is 0 Å². The highest BCUT2D eigenvalue weighted by atomic mass is 16.7. The molecular weight excluding hydrogens is 847 g/mol. The van der Waals surface area contributed by atoms with Crippen LogP contribution in [-0.2, 0) is 23.7 Å². The van der Waals surface area contributed by atoms with Crippen LogP contribution in [0.3, 0.4) is 0 Å². The number of hydrogen-bond acceptors (Lipinski definition) is 13. The van der Waals surface area contributed by atoms with Crippen LogP contribution in [0.25, 0.3) is 0 Å². The molecule has 2 aliphatic rings. The fraction of sp³-hybridized carbons (Fsp3) is 0.904.